The van der Waals surface area contributed by atoms with Gasteiger partial charge in [0.05, 0.1) is 6.61 Å². The lowest BCUT2D eigenvalue weighted by atomic mass is 10.0. The molecule has 0 amide bonds. The van der Waals surface area contributed by atoms with Gasteiger partial charge in [-0.15, -0.1) is 0 Å². The van der Waals surface area contributed by atoms with Crippen LogP contribution in [-0.4, -0.2) is 37.9 Å². The molecule has 5 heteroatoms. The van der Waals surface area contributed by atoms with Crippen molar-refractivity contribution in [3.05, 3.63) is 48.6 Å². The SMILES string of the molecule is CC/C=C\C/C=C\C/C=C\C/C=C\CCCCCCCOCC(COC(=O)CCCCCCCCCCCCCCCCCCC)OC(=O)CCCCCCCCCCCCC. The van der Waals surface area contributed by atoms with Gasteiger partial charge < -0.3 is 14.2 Å². The van der Waals surface area contributed by atoms with Crippen molar-refractivity contribution in [1.29, 1.82) is 0 Å². The smallest absolute Gasteiger partial charge is 0.306 e. The molecule has 0 spiro atoms. The predicted octanol–water partition coefficient (Wildman–Crippen LogP) is 18.3. The topological polar surface area (TPSA) is 61.8 Å². The Labute approximate surface area is 386 Å². The van der Waals surface area contributed by atoms with Crippen molar-refractivity contribution >= 4 is 11.9 Å². The van der Waals surface area contributed by atoms with E-state index in [1.165, 1.54) is 173 Å². The van der Waals surface area contributed by atoms with E-state index >= 15 is 0 Å². The van der Waals surface area contributed by atoms with Crippen LogP contribution in [0.1, 0.15) is 278 Å². The maximum atomic E-state index is 12.8. The fraction of sp³-hybridized carbons (Fsp3) is 0.825. The molecule has 1 atom stereocenters. The average Bonchev–Trinajstić information content (AvgIpc) is 3.27. The van der Waals surface area contributed by atoms with E-state index in [2.05, 4.69) is 69.4 Å². The highest BCUT2D eigenvalue weighted by Crippen LogP contribution is 2.16. The van der Waals surface area contributed by atoms with Gasteiger partial charge in [0.25, 0.3) is 0 Å². The third kappa shape index (κ3) is 50.5. The molecule has 1 unspecified atom stereocenters. The summed E-state index contributed by atoms with van der Waals surface area (Å²) in [5.74, 6) is -0.394. The summed E-state index contributed by atoms with van der Waals surface area (Å²) < 4.78 is 17.4. The Kier molecular flexibility index (Phi) is 51.4. The zero-order chi connectivity index (χ0) is 44.9. The first-order chi connectivity index (χ1) is 30.6. The number of ether oxygens (including phenoxy) is 3. The number of carbonyl (C=O) groups is 2. The number of carbonyl (C=O) groups excluding carboxylic acids is 2. The Hall–Kier alpha value is -2.14. The molecule has 0 N–H and O–H groups in total. The average molecular weight is 869 g/mol. The largest absolute Gasteiger partial charge is 0.462 e. The van der Waals surface area contributed by atoms with Gasteiger partial charge >= 0.3 is 11.9 Å². The van der Waals surface area contributed by atoms with E-state index < -0.39 is 6.10 Å². The van der Waals surface area contributed by atoms with Crippen molar-refractivity contribution in [3.63, 3.8) is 0 Å². The van der Waals surface area contributed by atoms with Crippen LogP contribution in [-0.2, 0) is 23.8 Å². The minimum absolute atomic E-state index is 0.0824. The van der Waals surface area contributed by atoms with Gasteiger partial charge in [-0.25, -0.2) is 0 Å². The molecule has 0 saturated heterocycles. The zero-order valence-corrected chi connectivity index (χ0v) is 41.6. The molecule has 0 rings (SSSR count). The van der Waals surface area contributed by atoms with Gasteiger partial charge in [-0.2, -0.15) is 0 Å². The molecule has 0 bridgehead atoms. The minimum Gasteiger partial charge on any atom is -0.462 e. The van der Waals surface area contributed by atoms with Crippen molar-refractivity contribution in [2.24, 2.45) is 0 Å². The third-order valence-corrected chi connectivity index (χ3v) is 11.9. The summed E-state index contributed by atoms with van der Waals surface area (Å²) in [6.07, 6.45) is 65.5. The zero-order valence-electron chi connectivity index (χ0n) is 41.6. The fourth-order valence-electron chi connectivity index (χ4n) is 7.86. The van der Waals surface area contributed by atoms with Crippen molar-refractivity contribution < 1.29 is 23.8 Å². The number of allylic oxidation sites excluding steroid dienone is 8. The first-order valence-corrected chi connectivity index (χ1v) is 27.2. The quantitative estimate of drug-likeness (QED) is 0.0346. The second-order valence-electron chi connectivity index (χ2n) is 18.1. The molecule has 0 radical (unpaired) electrons. The monoisotopic (exact) mass is 869 g/mol. The van der Waals surface area contributed by atoms with Crippen LogP contribution in [0, 0.1) is 0 Å². The Morgan fingerprint density at radius 1 is 0.371 bits per heavy atom. The van der Waals surface area contributed by atoms with Gasteiger partial charge in [0.2, 0.25) is 0 Å². The van der Waals surface area contributed by atoms with E-state index in [4.69, 9.17) is 14.2 Å². The molecule has 0 aliphatic rings. The van der Waals surface area contributed by atoms with E-state index in [1.807, 2.05) is 0 Å². The second-order valence-corrected chi connectivity index (χ2v) is 18.1. The molecule has 0 aliphatic carbocycles. The molecule has 0 aromatic heterocycles. The third-order valence-electron chi connectivity index (χ3n) is 11.9. The predicted molar refractivity (Wildman–Crippen MR) is 270 cm³/mol. The normalized spacial score (nSPS) is 12.5. The first-order valence-electron chi connectivity index (χ1n) is 27.2. The molecule has 0 aromatic carbocycles. The Bertz CT molecular complexity index is 1030. The van der Waals surface area contributed by atoms with Crippen molar-refractivity contribution in [1.82, 2.24) is 0 Å². The fourth-order valence-corrected chi connectivity index (χ4v) is 7.86. The summed E-state index contributed by atoms with van der Waals surface area (Å²) in [4.78, 5) is 25.4. The van der Waals surface area contributed by atoms with Crippen LogP contribution in [0.5, 0.6) is 0 Å². The van der Waals surface area contributed by atoms with Crippen LogP contribution in [0.25, 0.3) is 0 Å². The molecule has 0 saturated carbocycles. The van der Waals surface area contributed by atoms with E-state index in [1.54, 1.807) is 0 Å². The molecular weight excluding hydrogens is 765 g/mol. The van der Waals surface area contributed by atoms with Crippen molar-refractivity contribution in [2.45, 2.75) is 284 Å². The Morgan fingerprint density at radius 3 is 1.16 bits per heavy atom. The molecule has 5 nitrogen and oxygen atoms in total. The number of esters is 2. The molecule has 0 aromatic rings. The Balaban J connectivity index is 4.22. The van der Waals surface area contributed by atoms with Crippen molar-refractivity contribution in [2.75, 3.05) is 19.8 Å². The van der Waals surface area contributed by atoms with E-state index in [0.717, 1.165) is 70.6 Å². The lowest BCUT2D eigenvalue weighted by Gasteiger charge is -2.18. The highest BCUT2D eigenvalue weighted by atomic mass is 16.6. The first kappa shape index (κ1) is 59.9. The molecule has 0 fully saturated rings. The van der Waals surface area contributed by atoms with Gasteiger partial charge in [-0.1, -0.05) is 256 Å². The highest BCUT2D eigenvalue weighted by Gasteiger charge is 2.17. The molecular formula is C57H104O5. The van der Waals surface area contributed by atoms with Crippen LogP contribution in [0.15, 0.2) is 48.6 Å². The lowest BCUT2D eigenvalue weighted by molar-refractivity contribution is -0.163. The maximum Gasteiger partial charge on any atom is 0.306 e. The van der Waals surface area contributed by atoms with E-state index in [0.29, 0.717) is 19.4 Å². The van der Waals surface area contributed by atoms with Gasteiger partial charge in [-0.05, 0) is 57.8 Å². The van der Waals surface area contributed by atoms with Crippen LogP contribution >= 0.6 is 0 Å². The summed E-state index contributed by atoms with van der Waals surface area (Å²) in [5.41, 5.74) is 0. The summed E-state index contributed by atoms with van der Waals surface area (Å²) >= 11 is 0. The van der Waals surface area contributed by atoms with Gasteiger partial charge in [0.15, 0.2) is 6.10 Å². The number of rotatable bonds is 50. The Morgan fingerprint density at radius 2 is 0.726 bits per heavy atom. The summed E-state index contributed by atoms with van der Waals surface area (Å²) in [5, 5.41) is 0. The minimum atomic E-state index is -0.541. The number of hydrogen-bond acceptors (Lipinski definition) is 5. The maximum absolute atomic E-state index is 12.8. The molecule has 62 heavy (non-hydrogen) atoms. The van der Waals surface area contributed by atoms with E-state index in [-0.39, 0.29) is 25.2 Å². The molecule has 0 aliphatic heterocycles. The van der Waals surface area contributed by atoms with Crippen molar-refractivity contribution in [3.8, 4) is 0 Å². The lowest BCUT2D eigenvalue weighted by Crippen LogP contribution is -2.30. The number of hydrogen-bond donors (Lipinski definition) is 0. The van der Waals surface area contributed by atoms with Crippen LogP contribution in [0.4, 0.5) is 0 Å². The van der Waals surface area contributed by atoms with Gasteiger partial charge in [0.1, 0.15) is 6.61 Å². The molecule has 362 valence electrons. The number of unbranched alkanes of at least 4 members (excludes halogenated alkanes) is 31. The summed E-state index contributed by atoms with van der Waals surface area (Å²) in [6, 6.07) is 0. The van der Waals surface area contributed by atoms with Gasteiger partial charge in [0, 0.05) is 19.4 Å². The highest BCUT2D eigenvalue weighted by molar-refractivity contribution is 5.70. The summed E-state index contributed by atoms with van der Waals surface area (Å²) in [6.45, 7) is 7.71. The second kappa shape index (κ2) is 53.2. The summed E-state index contributed by atoms with van der Waals surface area (Å²) in [7, 11) is 0. The van der Waals surface area contributed by atoms with Crippen LogP contribution in [0.2, 0.25) is 0 Å². The van der Waals surface area contributed by atoms with E-state index in [9.17, 15) is 9.59 Å². The van der Waals surface area contributed by atoms with Crippen LogP contribution < -0.4 is 0 Å². The standard InChI is InChI=1S/C57H104O5/c1-4-7-10-13-16-19-22-24-26-28-30-32-34-37-40-43-46-49-52-60-53-55(62-57(59)51-48-45-42-39-35-21-18-15-12-9-6-3)54-61-56(58)50-47-44-41-38-36-33-31-29-27-25-23-20-17-14-11-8-5-2/h7,10,16,19,24,26,30,32,55H,4-6,8-9,11-15,17-18,20-23,25,27-29,31,33-54H2,1-3H3/b10-7-,19-16-,26-24-,32-30-. The molecule has 0 heterocycles. The van der Waals surface area contributed by atoms with Crippen LogP contribution in [0.3, 0.4) is 0 Å². The van der Waals surface area contributed by atoms with Gasteiger partial charge in [-0.3, -0.25) is 9.59 Å².